The molecular formula is C14H23FN4. The van der Waals surface area contributed by atoms with Crippen LogP contribution in [0.4, 0.5) is 10.1 Å². The highest BCUT2D eigenvalue weighted by atomic mass is 19.1. The van der Waals surface area contributed by atoms with Crippen LogP contribution >= 0.6 is 0 Å². The molecule has 5 heteroatoms. The molecule has 1 fully saturated rings. The zero-order chi connectivity index (χ0) is 13.7. The highest BCUT2D eigenvalue weighted by Crippen LogP contribution is 2.12. The van der Waals surface area contributed by atoms with Crippen LogP contribution in [0.2, 0.25) is 0 Å². The number of rotatable bonds is 5. The van der Waals surface area contributed by atoms with Crippen molar-refractivity contribution in [2.24, 2.45) is 0 Å². The summed E-state index contributed by atoms with van der Waals surface area (Å²) in [7, 11) is 2.16. The molecular weight excluding hydrogens is 243 g/mol. The minimum Gasteiger partial charge on any atom is -0.383 e. The molecule has 1 aromatic rings. The Labute approximate surface area is 114 Å². The van der Waals surface area contributed by atoms with Gasteiger partial charge in [0.1, 0.15) is 0 Å². The van der Waals surface area contributed by atoms with E-state index < -0.39 is 0 Å². The summed E-state index contributed by atoms with van der Waals surface area (Å²) in [5.74, 6) is -0.283. The van der Waals surface area contributed by atoms with Crippen LogP contribution in [-0.4, -0.2) is 60.6 Å². The Morgan fingerprint density at radius 3 is 2.79 bits per heavy atom. The second-order valence-corrected chi connectivity index (χ2v) is 5.26. The van der Waals surface area contributed by atoms with Crippen molar-refractivity contribution < 1.29 is 4.39 Å². The smallest absolute Gasteiger partial charge is 0.164 e. The predicted molar refractivity (Wildman–Crippen MR) is 75.8 cm³/mol. The molecule has 0 aliphatic carbocycles. The maximum Gasteiger partial charge on any atom is 0.164 e. The summed E-state index contributed by atoms with van der Waals surface area (Å²) < 4.78 is 13.4. The summed E-state index contributed by atoms with van der Waals surface area (Å²) in [6.45, 7) is 7.56. The lowest BCUT2D eigenvalue weighted by molar-refractivity contribution is 0.116. The topological polar surface area (TPSA) is 31.4 Å². The number of pyridine rings is 1. The SMILES string of the molecule is C[C@@H](CCNc1ccncc1F)N1CCN(C)CC1. The molecule has 1 aromatic heterocycles. The molecule has 106 valence electrons. The van der Waals surface area contributed by atoms with Gasteiger partial charge in [-0.05, 0) is 26.5 Å². The van der Waals surface area contributed by atoms with Crippen molar-refractivity contribution >= 4 is 5.69 Å². The number of hydrogen-bond donors (Lipinski definition) is 1. The van der Waals surface area contributed by atoms with Gasteiger partial charge in [0.25, 0.3) is 0 Å². The van der Waals surface area contributed by atoms with Gasteiger partial charge in [0.15, 0.2) is 5.82 Å². The number of anilines is 1. The molecule has 0 unspecified atom stereocenters. The molecule has 1 saturated heterocycles. The summed E-state index contributed by atoms with van der Waals surface area (Å²) in [6.07, 6.45) is 3.87. The molecule has 0 bridgehead atoms. The summed E-state index contributed by atoms with van der Waals surface area (Å²) in [6, 6.07) is 2.21. The van der Waals surface area contributed by atoms with Crippen LogP contribution in [0.1, 0.15) is 13.3 Å². The molecule has 1 aliphatic rings. The average molecular weight is 266 g/mol. The van der Waals surface area contributed by atoms with Crippen molar-refractivity contribution in [3.8, 4) is 0 Å². The second-order valence-electron chi connectivity index (χ2n) is 5.26. The third-order valence-corrected chi connectivity index (χ3v) is 3.81. The van der Waals surface area contributed by atoms with E-state index >= 15 is 0 Å². The largest absolute Gasteiger partial charge is 0.383 e. The highest BCUT2D eigenvalue weighted by Gasteiger charge is 2.18. The van der Waals surface area contributed by atoms with Gasteiger partial charge in [-0.2, -0.15) is 0 Å². The fourth-order valence-corrected chi connectivity index (χ4v) is 2.38. The number of likely N-dealkylation sites (N-methyl/N-ethyl adjacent to an activating group) is 1. The van der Waals surface area contributed by atoms with Crippen LogP contribution in [0, 0.1) is 5.82 Å². The van der Waals surface area contributed by atoms with Gasteiger partial charge in [-0.25, -0.2) is 4.39 Å². The fourth-order valence-electron chi connectivity index (χ4n) is 2.38. The van der Waals surface area contributed by atoms with Crippen molar-refractivity contribution in [2.45, 2.75) is 19.4 Å². The maximum atomic E-state index is 13.4. The second kappa shape index (κ2) is 6.82. The van der Waals surface area contributed by atoms with E-state index in [1.165, 1.54) is 6.20 Å². The monoisotopic (exact) mass is 266 g/mol. The molecule has 0 aromatic carbocycles. The maximum absolute atomic E-state index is 13.4. The minimum absolute atomic E-state index is 0.283. The normalized spacial score (nSPS) is 19.3. The molecule has 4 nitrogen and oxygen atoms in total. The molecule has 0 spiro atoms. The Morgan fingerprint density at radius 1 is 1.37 bits per heavy atom. The Bertz CT molecular complexity index is 391. The third-order valence-electron chi connectivity index (χ3n) is 3.81. The minimum atomic E-state index is -0.283. The molecule has 1 atom stereocenters. The van der Waals surface area contributed by atoms with Crippen LogP contribution in [0.15, 0.2) is 18.5 Å². The molecule has 1 aliphatic heterocycles. The number of halogens is 1. The van der Waals surface area contributed by atoms with Crippen molar-refractivity contribution in [3.05, 3.63) is 24.3 Å². The Balaban J connectivity index is 1.72. The van der Waals surface area contributed by atoms with E-state index in [9.17, 15) is 4.39 Å². The fraction of sp³-hybridized carbons (Fsp3) is 0.643. The highest BCUT2D eigenvalue weighted by molar-refractivity contribution is 5.42. The lowest BCUT2D eigenvalue weighted by Crippen LogP contribution is -2.48. The van der Waals surface area contributed by atoms with Gasteiger partial charge in [-0.15, -0.1) is 0 Å². The zero-order valence-corrected chi connectivity index (χ0v) is 11.8. The summed E-state index contributed by atoms with van der Waals surface area (Å²) in [5, 5.41) is 3.14. The molecule has 0 saturated carbocycles. The van der Waals surface area contributed by atoms with Crippen molar-refractivity contribution in [2.75, 3.05) is 45.1 Å². The van der Waals surface area contributed by atoms with E-state index in [2.05, 4.69) is 34.1 Å². The molecule has 0 amide bonds. The third kappa shape index (κ3) is 4.14. The van der Waals surface area contributed by atoms with Crippen LogP contribution in [0.3, 0.4) is 0 Å². The first-order valence-electron chi connectivity index (χ1n) is 6.93. The van der Waals surface area contributed by atoms with E-state index in [4.69, 9.17) is 0 Å². The van der Waals surface area contributed by atoms with Gasteiger partial charge in [-0.1, -0.05) is 0 Å². The molecule has 19 heavy (non-hydrogen) atoms. The van der Waals surface area contributed by atoms with E-state index in [0.29, 0.717) is 11.7 Å². The lowest BCUT2D eigenvalue weighted by atomic mass is 10.1. The van der Waals surface area contributed by atoms with E-state index in [1.807, 2.05) is 0 Å². The number of hydrogen-bond acceptors (Lipinski definition) is 4. The van der Waals surface area contributed by atoms with Crippen molar-refractivity contribution in [1.29, 1.82) is 0 Å². The van der Waals surface area contributed by atoms with Gasteiger partial charge in [0, 0.05) is 45.0 Å². The number of nitrogens with zero attached hydrogens (tertiary/aromatic N) is 3. The van der Waals surface area contributed by atoms with E-state index in [-0.39, 0.29) is 5.82 Å². The first-order chi connectivity index (χ1) is 9.16. The summed E-state index contributed by atoms with van der Waals surface area (Å²) in [4.78, 5) is 8.60. The molecule has 2 rings (SSSR count). The number of nitrogens with one attached hydrogen (secondary N) is 1. The van der Waals surface area contributed by atoms with Crippen LogP contribution in [0.5, 0.6) is 0 Å². The molecule has 1 N–H and O–H groups in total. The standard InChI is InChI=1S/C14H23FN4/c1-12(19-9-7-18(2)8-10-19)3-6-17-14-4-5-16-11-13(14)15/h4-5,11-12H,3,6-10H2,1-2H3,(H,16,17)/t12-/m0/s1. The van der Waals surface area contributed by atoms with Crippen molar-refractivity contribution in [3.63, 3.8) is 0 Å². The van der Waals surface area contributed by atoms with Crippen molar-refractivity contribution in [1.82, 2.24) is 14.8 Å². The van der Waals surface area contributed by atoms with Gasteiger partial charge < -0.3 is 10.2 Å². The first-order valence-corrected chi connectivity index (χ1v) is 6.93. The average Bonchev–Trinajstić information content (AvgIpc) is 2.41. The number of aromatic nitrogens is 1. The quantitative estimate of drug-likeness (QED) is 0.878. The van der Waals surface area contributed by atoms with Gasteiger partial charge in [0.2, 0.25) is 0 Å². The van der Waals surface area contributed by atoms with Gasteiger partial charge >= 0.3 is 0 Å². The Morgan fingerprint density at radius 2 is 2.11 bits per heavy atom. The first kappa shape index (κ1) is 14.2. The zero-order valence-electron chi connectivity index (χ0n) is 11.8. The Kier molecular flexibility index (Phi) is 5.10. The van der Waals surface area contributed by atoms with Gasteiger partial charge in [-0.3, -0.25) is 9.88 Å². The Hall–Kier alpha value is -1.20. The van der Waals surface area contributed by atoms with Crippen LogP contribution in [-0.2, 0) is 0 Å². The van der Waals surface area contributed by atoms with Crippen LogP contribution < -0.4 is 5.32 Å². The summed E-state index contributed by atoms with van der Waals surface area (Å²) in [5.41, 5.74) is 0.542. The molecule has 0 radical (unpaired) electrons. The summed E-state index contributed by atoms with van der Waals surface area (Å²) >= 11 is 0. The predicted octanol–water partition coefficient (Wildman–Crippen LogP) is 1.66. The van der Waals surface area contributed by atoms with Crippen LogP contribution in [0.25, 0.3) is 0 Å². The molecule has 2 heterocycles. The number of piperazine rings is 1. The van der Waals surface area contributed by atoms with Gasteiger partial charge in [0.05, 0.1) is 11.9 Å². The lowest BCUT2D eigenvalue weighted by Gasteiger charge is -2.36. The van der Waals surface area contributed by atoms with E-state index in [0.717, 1.165) is 39.1 Å². The van der Waals surface area contributed by atoms with E-state index in [1.54, 1.807) is 12.3 Å².